The molecule has 0 radical (unpaired) electrons. The molecule has 0 spiro atoms. The molecule has 1 saturated heterocycles. The minimum atomic E-state index is -0.527. The average Bonchev–Trinajstić information content (AvgIpc) is 3.17. The van der Waals surface area contributed by atoms with Crippen molar-refractivity contribution < 1.29 is 19.4 Å². The molecule has 1 aliphatic heterocycles. The number of piperidine rings is 1. The first kappa shape index (κ1) is 21.2. The molecule has 0 atom stereocenters. The van der Waals surface area contributed by atoms with E-state index in [-0.39, 0.29) is 24.5 Å². The molecule has 33 heavy (non-hydrogen) atoms. The standard InChI is InChI=1S/C27H26N2O4/c30-20-13-15-29(16-14-20)26(31)18-9-11-19(12-10-18)28-27(32)33-17-25-23-7-3-1-5-21(23)22-6-2-4-8-24(22)25/h1-12,20,25,30H,13-17H2,(H,28,32). The summed E-state index contributed by atoms with van der Waals surface area (Å²) in [7, 11) is 0. The molecule has 0 unspecified atom stereocenters. The number of nitrogens with zero attached hydrogens (tertiary/aromatic N) is 1. The lowest BCUT2D eigenvalue weighted by molar-refractivity contribution is 0.0546. The monoisotopic (exact) mass is 442 g/mol. The molecule has 6 heteroatoms. The Morgan fingerprint density at radius 3 is 2.06 bits per heavy atom. The SMILES string of the molecule is O=C(Nc1ccc(C(=O)N2CCC(O)CC2)cc1)OCC1c2ccccc2-c2ccccc21. The van der Waals surface area contributed by atoms with E-state index >= 15 is 0 Å². The minimum absolute atomic E-state index is 0.00575. The van der Waals surface area contributed by atoms with Crippen LogP contribution in [0.25, 0.3) is 11.1 Å². The van der Waals surface area contributed by atoms with Gasteiger partial charge in [0, 0.05) is 30.3 Å². The number of likely N-dealkylation sites (tertiary alicyclic amines) is 1. The van der Waals surface area contributed by atoms with Crippen LogP contribution in [0.5, 0.6) is 0 Å². The lowest BCUT2D eigenvalue weighted by Gasteiger charge is -2.29. The summed E-state index contributed by atoms with van der Waals surface area (Å²) in [5.41, 5.74) is 5.83. The van der Waals surface area contributed by atoms with Crippen LogP contribution in [0, 0.1) is 0 Å². The number of fused-ring (bicyclic) bond motifs is 3. The maximum atomic E-state index is 12.6. The van der Waals surface area contributed by atoms with E-state index in [4.69, 9.17) is 4.74 Å². The maximum absolute atomic E-state index is 12.6. The number of hydrogen-bond donors (Lipinski definition) is 2. The number of carbonyl (C=O) groups is 2. The number of ether oxygens (including phenoxy) is 1. The molecule has 0 aromatic heterocycles. The zero-order chi connectivity index (χ0) is 22.8. The summed E-state index contributed by atoms with van der Waals surface area (Å²) in [6, 6.07) is 23.2. The van der Waals surface area contributed by atoms with Gasteiger partial charge in [0.2, 0.25) is 0 Å². The van der Waals surface area contributed by atoms with Gasteiger partial charge in [0.05, 0.1) is 6.10 Å². The molecule has 1 fully saturated rings. The Morgan fingerprint density at radius 1 is 0.879 bits per heavy atom. The van der Waals surface area contributed by atoms with E-state index < -0.39 is 6.09 Å². The van der Waals surface area contributed by atoms with E-state index in [1.54, 1.807) is 29.2 Å². The van der Waals surface area contributed by atoms with Crippen molar-refractivity contribution in [1.82, 2.24) is 4.90 Å². The third-order valence-corrected chi connectivity index (χ3v) is 6.47. The number of carbonyl (C=O) groups excluding carboxylic acids is 2. The van der Waals surface area contributed by atoms with Crippen molar-refractivity contribution in [3.05, 3.63) is 89.5 Å². The smallest absolute Gasteiger partial charge is 0.411 e. The Morgan fingerprint density at radius 2 is 1.45 bits per heavy atom. The summed E-state index contributed by atoms with van der Waals surface area (Å²) in [5.74, 6) is -0.0548. The fourth-order valence-corrected chi connectivity index (χ4v) is 4.70. The molecule has 0 saturated carbocycles. The first-order valence-corrected chi connectivity index (χ1v) is 11.3. The molecular formula is C27H26N2O4. The van der Waals surface area contributed by atoms with E-state index in [1.165, 1.54) is 22.3 Å². The highest BCUT2D eigenvalue weighted by molar-refractivity contribution is 5.95. The van der Waals surface area contributed by atoms with Gasteiger partial charge in [0.15, 0.2) is 0 Å². The fraction of sp³-hybridized carbons (Fsp3) is 0.259. The Labute approximate surface area is 192 Å². The molecular weight excluding hydrogens is 416 g/mol. The second-order valence-corrected chi connectivity index (χ2v) is 8.55. The van der Waals surface area contributed by atoms with Gasteiger partial charge in [-0.15, -0.1) is 0 Å². The number of benzene rings is 3. The summed E-state index contributed by atoms with van der Waals surface area (Å²) in [6.07, 6.45) is 0.360. The van der Waals surface area contributed by atoms with Crippen LogP contribution < -0.4 is 5.32 Å². The van der Waals surface area contributed by atoms with Crippen molar-refractivity contribution in [1.29, 1.82) is 0 Å². The molecule has 5 rings (SSSR count). The summed E-state index contributed by atoms with van der Waals surface area (Å²) < 4.78 is 5.58. The molecule has 6 nitrogen and oxygen atoms in total. The summed E-state index contributed by atoms with van der Waals surface area (Å²) in [5, 5.41) is 12.4. The van der Waals surface area contributed by atoms with Gasteiger partial charge in [0.25, 0.3) is 5.91 Å². The summed E-state index contributed by atoms with van der Waals surface area (Å²) in [6.45, 7) is 1.36. The number of nitrogens with one attached hydrogen (secondary N) is 1. The highest BCUT2D eigenvalue weighted by Crippen LogP contribution is 2.44. The first-order valence-electron chi connectivity index (χ1n) is 11.3. The number of anilines is 1. The van der Waals surface area contributed by atoms with Crippen molar-refractivity contribution in [2.45, 2.75) is 24.9 Å². The van der Waals surface area contributed by atoms with E-state index in [0.29, 0.717) is 37.2 Å². The van der Waals surface area contributed by atoms with E-state index in [2.05, 4.69) is 29.6 Å². The largest absolute Gasteiger partial charge is 0.448 e. The first-order chi connectivity index (χ1) is 16.1. The highest BCUT2D eigenvalue weighted by Gasteiger charge is 2.29. The maximum Gasteiger partial charge on any atom is 0.411 e. The number of aliphatic hydroxyl groups excluding tert-OH is 1. The molecule has 1 aliphatic carbocycles. The summed E-state index contributed by atoms with van der Waals surface area (Å²) in [4.78, 5) is 26.8. The second-order valence-electron chi connectivity index (χ2n) is 8.55. The van der Waals surface area contributed by atoms with Crippen molar-refractivity contribution in [2.24, 2.45) is 0 Å². The molecule has 3 aromatic rings. The predicted octanol–water partition coefficient (Wildman–Crippen LogP) is 4.64. The van der Waals surface area contributed by atoms with Crippen LogP contribution in [-0.4, -0.2) is 47.8 Å². The third kappa shape index (κ3) is 4.34. The zero-order valence-corrected chi connectivity index (χ0v) is 18.2. The van der Waals surface area contributed by atoms with Crippen molar-refractivity contribution in [3.8, 4) is 11.1 Å². The average molecular weight is 443 g/mol. The van der Waals surface area contributed by atoms with Crippen LogP contribution >= 0.6 is 0 Å². The van der Waals surface area contributed by atoms with Crippen molar-refractivity contribution >= 4 is 17.7 Å². The zero-order valence-electron chi connectivity index (χ0n) is 18.2. The molecule has 3 aromatic carbocycles. The second kappa shape index (κ2) is 9.08. The van der Waals surface area contributed by atoms with Gasteiger partial charge in [-0.25, -0.2) is 4.79 Å². The van der Waals surface area contributed by atoms with E-state index in [9.17, 15) is 14.7 Å². The van der Waals surface area contributed by atoms with Crippen LogP contribution in [0.1, 0.15) is 40.2 Å². The highest BCUT2D eigenvalue weighted by atomic mass is 16.5. The van der Waals surface area contributed by atoms with Crippen LogP contribution in [0.3, 0.4) is 0 Å². The third-order valence-electron chi connectivity index (χ3n) is 6.47. The Balaban J connectivity index is 1.19. The quantitative estimate of drug-likeness (QED) is 0.617. The van der Waals surface area contributed by atoms with Gasteiger partial charge < -0.3 is 14.7 Å². The van der Waals surface area contributed by atoms with Gasteiger partial charge in [-0.2, -0.15) is 0 Å². The molecule has 1 heterocycles. The minimum Gasteiger partial charge on any atom is -0.448 e. The Hall–Kier alpha value is -3.64. The van der Waals surface area contributed by atoms with Crippen LogP contribution in [0.2, 0.25) is 0 Å². The topological polar surface area (TPSA) is 78.9 Å². The van der Waals surface area contributed by atoms with Gasteiger partial charge in [-0.1, -0.05) is 48.5 Å². The molecule has 2 amide bonds. The normalized spacial score (nSPS) is 15.6. The fourth-order valence-electron chi connectivity index (χ4n) is 4.70. The molecule has 2 N–H and O–H groups in total. The van der Waals surface area contributed by atoms with E-state index in [1.807, 2.05) is 24.3 Å². The van der Waals surface area contributed by atoms with E-state index in [0.717, 1.165) is 0 Å². The van der Waals surface area contributed by atoms with Crippen LogP contribution in [-0.2, 0) is 4.74 Å². The summed E-state index contributed by atoms with van der Waals surface area (Å²) >= 11 is 0. The van der Waals surface area contributed by atoms with Gasteiger partial charge in [-0.05, 0) is 59.4 Å². The van der Waals surface area contributed by atoms with Gasteiger partial charge in [0.1, 0.15) is 6.61 Å². The number of aliphatic hydroxyl groups is 1. The van der Waals surface area contributed by atoms with Crippen LogP contribution in [0.15, 0.2) is 72.8 Å². The number of amides is 2. The van der Waals surface area contributed by atoms with Crippen molar-refractivity contribution in [2.75, 3.05) is 25.0 Å². The predicted molar refractivity (Wildman–Crippen MR) is 126 cm³/mol. The number of rotatable bonds is 4. The van der Waals surface area contributed by atoms with Gasteiger partial charge in [-0.3, -0.25) is 10.1 Å². The molecule has 168 valence electrons. The number of hydrogen-bond acceptors (Lipinski definition) is 4. The Bertz CT molecular complexity index is 1120. The molecule has 0 bridgehead atoms. The Kier molecular flexibility index (Phi) is 5.84. The lowest BCUT2D eigenvalue weighted by Crippen LogP contribution is -2.40. The lowest BCUT2D eigenvalue weighted by atomic mass is 9.98. The molecule has 2 aliphatic rings. The van der Waals surface area contributed by atoms with Gasteiger partial charge >= 0.3 is 6.09 Å². The van der Waals surface area contributed by atoms with Crippen LogP contribution in [0.4, 0.5) is 10.5 Å². The van der Waals surface area contributed by atoms with Crippen molar-refractivity contribution in [3.63, 3.8) is 0 Å².